The number of benzene rings is 3. The number of nitrogens with one attached hydrogen (secondary N) is 2. The van der Waals surface area contributed by atoms with Gasteiger partial charge in [-0.1, -0.05) is 54.6 Å². The summed E-state index contributed by atoms with van der Waals surface area (Å²) in [6.07, 6.45) is 0.821. The Balaban J connectivity index is 1.38. The van der Waals surface area contributed by atoms with Crippen LogP contribution in [0.15, 0.2) is 84.0 Å². The molecule has 2 atom stereocenters. The van der Waals surface area contributed by atoms with Gasteiger partial charge < -0.3 is 5.32 Å². The number of carbonyl (C=O) groups is 2. The number of halogens is 1. The summed E-state index contributed by atoms with van der Waals surface area (Å²) in [5.41, 5.74) is 5.65. The molecule has 0 bridgehead atoms. The van der Waals surface area contributed by atoms with Crippen LogP contribution in [-0.4, -0.2) is 17.5 Å². The maximum Gasteiger partial charge on any atom is 0.258 e. The van der Waals surface area contributed by atoms with Crippen LogP contribution in [0.5, 0.6) is 0 Å². The molecule has 0 unspecified atom stereocenters. The van der Waals surface area contributed by atoms with Gasteiger partial charge in [0.25, 0.3) is 5.91 Å². The van der Waals surface area contributed by atoms with Crippen molar-refractivity contribution in [1.29, 1.82) is 0 Å². The minimum Gasteiger partial charge on any atom is -0.322 e. The van der Waals surface area contributed by atoms with Gasteiger partial charge in [0.2, 0.25) is 5.91 Å². The zero-order valence-corrected chi connectivity index (χ0v) is 17.0. The minimum atomic E-state index is -0.578. The van der Waals surface area contributed by atoms with E-state index in [-0.39, 0.29) is 23.3 Å². The highest BCUT2D eigenvalue weighted by Gasteiger charge is 2.43. The van der Waals surface area contributed by atoms with Crippen molar-refractivity contribution in [3.63, 3.8) is 0 Å². The molecule has 0 aromatic heterocycles. The zero-order chi connectivity index (χ0) is 21.8. The number of anilines is 1. The predicted octanol–water partition coefficient (Wildman–Crippen LogP) is 4.72. The van der Waals surface area contributed by atoms with Crippen molar-refractivity contribution < 1.29 is 14.0 Å². The van der Waals surface area contributed by atoms with Gasteiger partial charge in [-0.2, -0.15) is 5.10 Å². The number of hydrazone groups is 1. The first kappa shape index (κ1) is 20.5. The summed E-state index contributed by atoms with van der Waals surface area (Å²) in [5.74, 6) is -1.03. The Hall–Kier alpha value is -3.80. The van der Waals surface area contributed by atoms with Crippen LogP contribution in [0.2, 0.25) is 0 Å². The van der Waals surface area contributed by atoms with Gasteiger partial charge in [-0.3, -0.25) is 9.59 Å². The molecule has 4 rings (SSSR count). The molecule has 1 fully saturated rings. The maximum atomic E-state index is 13.8. The van der Waals surface area contributed by atoms with Crippen molar-refractivity contribution >= 4 is 23.2 Å². The van der Waals surface area contributed by atoms with Gasteiger partial charge in [0.1, 0.15) is 5.82 Å². The first-order valence-corrected chi connectivity index (χ1v) is 10.1. The summed E-state index contributed by atoms with van der Waals surface area (Å²) in [7, 11) is 0. The number of nitrogens with zero attached hydrogens (tertiary/aromatic N) is 1. The summed E-state index contributed by atoms with van der Waals surface area (Å²) in [5, 5.41) is 6.91. The monoisotopic (exact) mass is 415 g/mol. The largest absolute Gasteiger partial charge is 0.322 e. The Morgan fingerprint density at radius 1 is 0.968 bits per heavy atom. The van der Waals surface area contributed by atoms with Crippen molar-refractivity contribution in [1.82, 2.24) is 5.43 Å². The highest BCUT2D eigenvalue weighted by atomic mass is 19.1. The molecule has 6 heteroatoms. The predicted molar refractivity (Wildman–Crippen MR) is 118 cm³/mol. The van der Waals surface area contributed by atoms with Crippen LogP contribution in [-0.2, 0) is 4.79 Å². The van der Waals surface area contributed by atoms with Crippen LogP contribution in [0.25, 0.3) is 0 Å². The van der Waals surface area contributed by atoms with Crippen molar-refractivity contribution in [3.8, 4) is 0 Å². The lowest BCUT2D eigenvalue weighted by Gasteiger charge is -2.08. The molecule has 0 spiro atoms. The summed E-state index contributed by atoms with van der Waals surface area (Å²) < 4.78 is 13.8. The van der Waals surface area contributed by atoms with Crippen molar-refractivity contribution in [2.45, 2.75) is 19.3 Å². The fourth-order valence-corrected chi connectivity index (χ4v) is 3.51. The lowest BCUT2D eigenvalue weighted by molar-refractivity contribution is -0.122. The van der Waals surface area contributed by atoms with Crippen LogP contribution in [0.4, 0.5) is 10.1 Å². The van der Waals surface area contributed by atoms with Crippen LogP contribution < -0.4 is 10.7 Å². The molecular formula is C25H22FN3O2. The summed E-state index contributed by atoms with van der Waals surface area (Å²) in [6, 6.07) is 22.8. The first-order valence-electron chi connectivity index (χ1n) is 10.1. The Labute approximate surface area is 180 Å². The number of rotatable bonds is 6. The first-order chi connectivity index (χ1) is 15.0. The van der Waals surface area contributed by atoms with Crippen molar-refractivity contribution in [2.24, 2.45) is 11.0 Å². The molecule has 5 nitrogen and oxygen atoms in total. The molecule has 2 amide bonds. The van der Waals surface area contributed by atoms with Crippen LogP contribution in [0.3, 0.4) is 0 Å². The molecule has 0 aliphatic heterocycles. The summed E-state index contributed by atoms with van der Waals surface area (Å²) in [6.45, 7) is 1.78. The topological polar surface area (TPSA) is 70.6 Å². The average molecular weight is 415 g/mol. The normalized spacial score (nSPS) is 17.7. The molecule has 156 valence electrons. The Kier molecular flexibility index (Phi) is 5.89. The SMILES string of the molecule is CC(=NNC(=O)[C@H]1C[C@H]1c1ccccc1)c1cccc(NC(=O)c2ccccc2F)c1. The Bertz CT molecular complexity index is 1140. The molecule has 31 heavy (non-hydrogen) atoms. The standard InChI is InChI=1S/C25H22FN3O2/c1-16(28-29-25(31)22-15-21(22)17-8-3-2-4-9-17)18-10-7-11-19(14-18)27-24(30)20-12-5-6-13-23(20)26/h2-14,21-22H,15H2,1H3,(H,27,30)(H,29,31)/t21-,22-/m0/s1. The number of hydrogen-bond acceptors (Lipinski definition) is 3. The van der Waals surface area contributed by atoms with E-state index >= 15 is 0 Å². The third kappa shape index (κ3) is 4.86. The number of carbonyl (C=O) groups excluding carboxylic acids is 2. The van der Waals surface area contributed by atoms with E-state index in [9.17, 15) is 14.0 Å². The summed E-state index contributed by atoms with van der Waals surface area (Å²) in [4.78, 5) is 24.7. The Morgan fingerprint density at radius 3 is 2.48 bits per heavy atom. The molecular weight excluding hydrogens is 393 g/mol. The molecule has 2 N–H and O–H groups in total. The maximum absolute atomic E-state index is 13.8. The van der Waals surface area contributed by atoms with Gasteiger partial charge in [-0.15, -0.1) is 0 Å². The highest BCUT2D eigenvalue weighted by Crippen LogP contribution is 2.47. The Morgan fingerprint density at radius 2 is 1.71 bits per heavy atom. The van der Waals surface area contributed by atoms with Gasteiger partial charge in [-0.25, -0.2) is 9.82 Å². The molecule has 1 saturated carbocycles. The van der Waals surface area contributed by atoms with Crippen LogP contribution in [0, 0.1) is 11.7 Å². The molecule has 0 heterocycles. The second-order valence-electron chi connectivity index (χ2n) is 7.55. The van der Waals surface area contributed by atoms with E-state index in [2.05, 4.69) is 15.8 Å². The van der Waals surface area contributed by atoms with E-state index in [0.717, 1.165) is 12.0 Å². The smallest absolute Gasteiger partial charge is 0.258 e. The zero-order valence-electron chi connectivity index (χ0n) is 17.0. The van der Waals surface area contributed by atoms with Crippen LogP contribution >= 0.6 is 0 Å². The number of amides is 2. The van der Waals surface area contributed by atoms with Gasteiger partial charge in [-0.05, 0) is 54.7 Å². The second-order valence-corrected chi connectivity index (χ2v) is 7.55. The van der Waals surface area contributed by atoms with Gasteiger partial charge in [0.15, 0.2) is 0 Å². The fourth-order valence-electron chi connectivity index (χ4n) is 3.51. The van der Waals surface area contributed by atoms with Gasteiger partial charge in [0.05, 0.1) is 11.3 Å². The summed E-state index contributed by atoms with van der Waals surface area (Å²) >= 11 is 0. The quantitative estimate of drug-likeness (QED) is 0.452. The molecule has 3 aromatic carbocycles. The molecule has 0 radical (unpaired) electrons. The lowest BCUT2D eigenvalue weighted by atomic mass is 10.1. The van der Waals surface area contributed by atoms with E-state index in [1.807, 2.05) is 36.4 Å². The third-order valence-electron chi connectivity index (χ3n) is 5.35. The van der Waals surface area contributed by atoms with Crippen LogP contribution in [0.1, 0.15) is 40.7 Å². The van der Waals surface area contributed by atoms with E-state index in [1.165, 1.54) is 23.8 Å². The second kappa shape index (κ2) is 8.92. The molecule has 3 aromatic rings. The van der Waals surface area contributed by atoms with E-state index < -0.39 is 11.7 Å². The average Bonchev–Trinajstić information content (AvgIpc) is 3.59. The van der Waals surface area contributed by atoms with Gasteiger partial charge in [0, 0.05) is 11.6 Å². The lowest BCUT2D eigenvalue weighted by Crippen LogP contribution is -2.21. The van der Waals surface area contributed by atoms with E-state index in [0.29, 0.717) is 11.4 Å². The number of hydrogen-bond donors (Lipinski definition) is 2. The highest BCUT2D eigenvalue weighted by molar-refractivity contribution is 6.06. The molecule has 1 aliphatic carbocycles. The van der Waals surface area contributed by atoms with Crippen molar-refractivity contribution in [2.75, 3.05) is 5.32 Å². The third-order valence-corrected chi connectivity index (χ3v) is 5.35. The van der Waals surface area contributed by atoms with E-state index in [4.69, 9.17) is 0 Å². The van der Waals surface area contributed by atoms with Crippen molar-refractivity contribution in [3.05, 3.63) is 101 Å². The van der Waals surface area contributed by atoms with E-state index in [1.54, 1.807) is 31.2 Å². The minimum absolute atomic E-state index is 0.0250. The molecule has 0 saturated heterocycles. The molecule has 1 aliphatic rings. The van der Waals surface area contributed by atoms with Gasteiger partial charge >= 0.3 is 0 Å². The fraction of sp³-hybridized carbons (Fsp3) is 0.160.